The highest BCUT2D eigenvalue weighted by molar-refractivity contribution is 5.88. The Bertz CT molecular complexity index is 795. The number of hydrogen-bond acceptors (Lipinski definition) is 3. The largest absolute Gasteiger partial charge is 0.333 e. The number of urea groups is 1. The fourth-order valence-corrected chi connectivity index (χ4v) is 1.96. The second-order valence-electron chi connectivity index (χ2n) is 5.04. The SMILES string of the molecule is CC(=O)Nc1cccc(C#Cc2ccc(CNC(=O)NN)cc2)c1.Cl. The van der Waals surface area contributed by atoms with Crippen molar-refractivity contribution < 1.29 is 9.59 Å². The average Bonchev–Trinajstić information content (AvgIpc) is 2.58. The Labute approximate surface area is 152 Å². The van der Waals surface area contributed by atoms with Crippen LogP contribution in [0.4, 0.5) is 10.5 Å². The molecule has 0 saturated carbocycles. The van der Waals surface area contributed by atoms with E-state index in [1.54, 1.807) is 0 Å². The summed E-state index contributed by atoms with van der Waals surface area (Å²) in [5.41, 5.74) is 5.33. The molecule has 2 aromatic rings. The molecular formula is C18H19ClN4O2. The molecule has 25 heavy (non-hydrogen) atoms. The summed E-state index contributed by atoms with van der Waals surface area (Å²) in [6, 6.07) is 14.4. The van der Waals surface area contributed by atoms with Crippen LogP contribution in [0, 0.1) is 11.8 Å². The minimum Gasteiger partial charge on any atom is -0.333 e. The van der Waals surface area contributed by atoms with Gasteiger partial charge in [0.25, 0.3) is 0 Å². The van der Waals surface area contributed by atoms with Crippen LogP contribution < -0.4 is 21.9 Å². The predicted molar refractivity (Wildman–Crippen MR) is 100.0 cm³/mol. The maximum absolute atomic E-state index is 11.1. The summed E-state index contributed by atoms with van der Waals surface area (Å²) in [6.07, 6.45) is 0. The van der Waals surface area contributed by atoms with Crippen molar-refractivity contribution in [3.8, 4) is 11.8 Å². The highest BCUT2D eigenvalue weighted by Crippen LogP contribution is 2.10. The van der Waals surface area contributed by atoms with Crippen molar-refractivity contribution in [2.75, 3.05) is 5.32 Å². The van der Waals surface area contributed by atoms with Gasteiger partial charge in [0.1, 0.15) is 0 Å². The number of halogens is 1. The molecule has 0 aliphatic rings. The number of amides is 3. The Hall–Kier alpha value is -3.01. The highest BCUT2D eigenvalue weighted by Gasteiger charge is 1.98. The summed E-state index contributed by atoms with van der Waals surface area (Å²) in [5, 5.41) is 5.33. The van der Waals surface area contributed by atoms with E-state index in [4.69, 9.17) is 5.84 Å². The summed E-state index contributed by atoms with van der Waals surface area (Å²) in [7, 11) is 0. The summed E-state index contributed by atoms with van der Waals surface area (Å²) >= 11 is 0. The van der Waals surface area contributed by atoms with Crippen LogP contribution in [-0.2, 0) is 11.3 Å². The van der Waals surface area contributed by atoms with Crippen LogP contribution in [-0.4, -0.2) is 11.9 Å². The quantitative estimate of drug-likeness (QED) is 0.293. The van der Waals surface area contributed by atoms with Gasteiger partial charge in [0.15, 0.2) is 0 Å². The van der Waals surface area contributed by atoms with Crippen LogP contribution in [0.25, 0.3) is 0 Å². The molecule has 0 saturated heterocycles. The molecule has 0 aliphatic carbocycles. The molecule has 0 bridgehead atoms. The third-order valence-corrected chi connectivity index (χ3v) is 3.07. The van der Waals surface area contributed by atoms with Crippen LogP contribution in [0.1, 0.15) is 23.6 Å². The Morgan fingerprint density at radius 1 is 1.04 bits per heavy atom. The number of anilines is 1. The van der Waals surface area contributed by atoms with Crippen molar-refractivity contribution in [3.05, 3.63) is 65.2 Å². The van der Waals surface area contributed by atoms with Gasteiger partial charge >= 0.3 is 6.03 Å². The molecular weight excluding hydrogens is 340 g/mol. The number of nitrogens with one attached hydrogen (secondary N) is 3. The van der Waals surface area contributed by atoms with E-state index in [1.807, 2.05) is 54.0 Å². The van der Waals surface area contributed by atoms with E-state index in [9.17, 15) is 9.59 Å². The van der Waals surface area contributed by atoms with Crippen LogP contribution in [0.2, 0.25) is 0 Å². The zero-order valence-corrected chi connectivity index (χ0v) is 14.4. The molecule has 5 N–H and O–H groups in total. The van der Waals surface area contributed by atoms with Crippen LogP contribution in [0.3, 0.4) is 0 Å². The number of carbonyl (C=O) groups excluding carboxylic acids is 2. The maximum atomic E-state index is 11.1. The van der Waals surface area contributed by atoms with Crippen molar-refractivity contribution in [2.45, 2.75) is 13.5 Å². The molecule has 6 nitrogen and oxygen atoms in total. The second-order valence-corrected chi connectivity index (χ2v) is 5.04. The van der Waals surface area contributed by atoms with Crippen molar-refractivity contribution in [2.24, 2.45) is 5.84 Å². The van der Waals surface area contributed by atoms with Gasteiger partial charge in [-0.3, -0.25) is 10.2 Å². The van der Waals surface area contributed by atoms with Crippen LogP contribution >= 0.6 is 12.4 Å². The highest BCUT2D eigenvalue weighted by atomic mass is 35.5. The first kappa shape index (κ1) is 20.0. The minimum absolute atomic E-state index is 0. The third kappa shape index (κ3) is 6.96. The number of hydrazine groups is 1. The van der Waals surface area contributed by atoms with Gasteiger partial charge in [-0.1, -0.05) is 30.0 Å². The minimum atomic E-state index is -0.432. The normalized spacial score (nSPS) is 9.04. The Morgan fingerprint density at radius 2 is 1.72 bits per heavy atom. The number of hydrogen-bond donors (Lipinski definition) is 4. The lowest BCUT2D eigenvalue weighted by Gasteiger charge is -2.04. The van der Waals surface area contributed by atoms with E-state index >= 15 is 0 Å². The lowest BCUT2D eigenvalue weighted by atomic mass is 10.1. The van der Waals surface area contributed by atoms with Gasteiger partial charge in [-0.15, -0.1) is 12.4 Å². The number of benzene rings is 2. The first-order valence-corrected chi connectivity index (χ1v) is 7.30. The molecule has 7 heteroatoms. The van der Waals surface area contributed by atoms with Crippen molar-refractivity contribution in [1.29, 1.82) is 0 Å². The lowest BCUT2D eigenvalue weighted by molar-refractivity contribution is -0.114. The molecule has 0 spiro atoms. The molecule has 0 heterocycles. The molecule has 0 atom stereocenters. The van der Waals surface area contributed by atoms with E-state index in [0.717, 1.165) is 16.7 Å². The van der Waals surface area contributed by atoms with Gasteiger partial charge in [0.2, 0.25) is 5.91 Å². The fourth-order valence-electron chi connectivity index (χ4n) is 1.96. The van der Waals surface area contributed by atoms with Gasteiger partial charge in [-0.2, -0.15) is 0 Å². The Morgan fingerprint density at radius 3 is 2.36 bits per heavy atom. The molecule has 2 rings (SSSR count). The molecule has 0 aromatic heterocycles. The first-order chi connectivity index (χ1) is 11.6. The first-order valence-electron chi connectivity index (χ1n) is 7.30. The van der Waals surface area contributed by atoms with E-state index in [1.165, 1.54) is 6.92 Å². The summed E-state index contributed by atoms with van der Waals surface area (Å²) in [6.45, 7) is 1.85. The average molecular weight is 359 g/mol. The van der Waals surface area contributed by atoms with Gasteiger partial charge in [-0.05, 0) is 35.9 Å². The third-order valence-electron chi connectivity index (χ3n) is 3.07. The fraction of sp³-hybridized carbons (Fsp3) is 0.111. The molecule has 0 aliphatic heterocycles. The van der Waals surface area contributed by atoms with Gasteiger partial charge in [-0.25, -0.2) is 10.6 Å². The topological polar surface area (TPSA) is 96.2 Å². The van der Waals surface area contributed by atoms with Gasteiger partial charge in [0.05, 0.1) is 0 Å². The molecule has 2 aromatic carbocycles. The van der Waals surface area contributed by atoms with Crippen molar-refractivity contribution in [3.63, 3.8) is 0 Å². The second kappa shape index (κ2) is 9.98. The Kier molecular flexibility index (Phi) is 8.00. The standard InChI is InChI=1S/C18H18N4O2.ClH/c1-13(23)21-17-4-2-3-15(11-17)8-5-14-6-9-16(10-7-14)12-20-18(24)22-19;/h2-4,6-7,9-11H,12,19H2,1H3,(H,21,23)(H2,20,22,24);1H. The smallest absolute Gasteiger partial charge is 0.329 e. The molecule has 3 amide bonds. The predicted octanol–water partition coefficient (Wildman–Crippen LogP) is 2.14. The number of rotatable bonds is 3. The van der Waals surface area contributed by atoms with Crippen molar-refractivity contribution in [1.82, 2.24) is 10.7 Å². The molecule has 130 valence electrons. The summed E-state index contributed by atoms with van der Waals surface area (Å²) in [5.74, 6) is 11.0. The zero-order chi connectivity index (χ0) is 17.4. The van der Waals surface area contributed by atoms with E-state index in [2.05, 4.69) is 22.5 Å². The lowest BCUT2D eigenvalue weighted by Crippen LogP contribution is -2.39. The summed E-state index contributed by atoms with van der Waals surface area (Å²) < 4.78 is 0. The van der Waals surface area contributed by atoms with Crippen molar-refractivity contribution >= 4 is 30.0 Å². The number of carbonyl (C=O) groups is 2. The van der Waals surface area contributed by atoms with E-state index in [0.29, 0.717) is 12.2 Å². The van der Waals surface area contributed by atoms with Crippen LogP contribution in [0.15, 0.2) is 48.5 Å². The van der Waals surface area contributed by atoms with Gasteiger partial charge in [0, 0.05) is 30.3 Å². The van der Waals surface area contributed by atoms with Gasteiger partial charge < -0.3 is 10.6 Å². The molecule has 0 fully saturated rings. The number of nitrogens with two attached hydrogens (primary N) is 1. The van der Waals surface area contributed by atoms with E-state index < -0.39 is 6.03 Å². The van der Waals surface area contributed by atoms with Crippen LogP contribution in [0.5, 0.6) is 0 Å². The monoisotopic (exact) mass is 358 g/mol. The molecule has 0 radical (unpaired) electrons. The van der Waals surface area contributed by atoms with E-state index in [-0.39, 0.29) is 18.3 Å². The summed E-state index contributed by atoms with van der Waals surface area (Å²) in [4.78, 5) is 22.1. The zero-order valence-electron chi connectivity index (χ0n) is 13.6. The molecule has 0 unspecified atom stereocenters. The maximum Gasteiger partial charge on any atom is 0.329 e. The Balaban J connectivity index is 0.00000312.